The molecule has 4 N–H and O–H groups in total. The van der Waals surface area contributed by atoms with Gasteiger partial charge in [-0.25, -0.2) is 4.79 Å². The largest absolute Gasteiger partial charge is 0.394 e. The molecule has 2 rings (SSSR count). The molecule has 3 unspecified atom stereocenters. The highest BCUT2D eigenvalue weighted by Crippen LogP contribution is 2.29. The highest BCUT2D eigenvalue weighted by Gasteiger charge is 2.38. The number of carbonyl (C=O) groups excluding carboxylic acids is 1. The summed E-state index contributed by atoms with van der Waals surface area (Å²) in [6.07, 6.45) is 0.843. The summed E-state index contributed by atoms with van der Waals surface area (Å²) in [5, 5.41) is 9.42. The van der Waals surface area contributed by atoms with E-state index in [9.17, 15) is 14.7 Å². The van der Waals surface area contributed by atoms with Crippen molar-refractivity contribution in [3.8, 4) is 0 Å². The van der Waals surface area contributed by atoms with E-state index in [4.69, 9.17) is 15.3 Å². The minimum Gasteiger partial charge on any atom is -0.394 e. The third-order valence-corrected chi connectivity index (χ3v) is 3.74. The average molecular weight is 326 g/mol. The predicted molar refractivity (Wildman–Crippen MR) is 81.2 cm³/mol. The van der Waals surface area contributed by atoms with Crippen LogP contribution in [0.5, 0.6) is 0 Å². The maximum absolute atomic E-state index is 11.9. The number of aliphatic hydroxyl groups is 1. The molecule has 1 aromatic rings. The van der Waals surface area contributed by atoms with Crippen molar-refractivity contribution in [2.75, 3.05) is 12.3 Å². The number of anilines is 1. The van der Waals surface area contributed by atoms with Crippen molar-refractivity contribution in [2.24, 2.45) is 5.92 Å². The first-order valence-corrected chi connectivity index (χ1v) is 7.43. The molecule has 0 aliphatic carbocycles. The van der Waals surface area contributed by atoms with E-state index in [2.05, 4.69) is 10.5 Å². The van der Waals surface area contributed by atoms with Crippen molar-refractivity contribution in [1.29, 1.82) is 0 Å². The van der Waals surface area contributed by atoms with Crippen LogP contribution in [0, 0.1) is 5.92 Å². The average Bonchev–Trinajstić information content (AvgIpc) is 2.90. The molecular weight excluding hydrogens is 304 g/mol. The Morgan fingerprint density at radius 2 is 2.39 bits per heavy atom. The van der Waals surface area contributed by atoms with Crippen molar-refractivity contribution >= 4 is 12.1 Å². The summed E-state index contributed by atoms with van der Waals surface area (Å²) in [7, 11) is 0. The van der Waals surface area contributed by atoms with Gasteiger partial charge >= 0.3 is 5.69 Å². The Balaban J connectivity index is 2.05. The van der Waals surface area contributed by atoms with Gasteiger partial charge in [0.2, 0.25) is 0 Å². The zero-order valence-corrected chi connectivity index (χ0v) is 13.1. The number of carbonyl (C=O) groups is 1. The summed E-state index contributed by atoms with van der Waals surface area (Å²) in [4.78, 5) is 32.0. The molecular formula is C14H22N4O5. The minimum atomic E-state index is -0.617. The molecule has 2 heterocycles. The Morgan fingerprint density at radius 3 is 2.96 bits per heavy atom. The first-order chi connectivity index (χ1) is 11.0. The molecule has 1 aliphatic rings. The van der Waals surface area contributed by atoms with Crippen LogP contribution >= 0.6 is 0 Å². The third kappa shape index (κ3) is 4.14. The number of rotatable bonds is 7. The van der Waals surface area contributed by atoms with Crippen LogP contribution in [0.2, 0.25) is 0 Å². The van der Waals surface area contributed by atoms with Gasteiger partial charge in [-0.2, -0.15) is 10.5 Å². The Labute approximate surface area is 133 Å². The third-order valence-electron chi connectivity index (χ3n) is 3.74. The quantitative estimate of drug-likeness (QED) is 0.439. The lowest BCUT2D eigenvalue weighted by Gasteiger charge is -2.21. The summed E-state index contributed by atoms with van der Waals surface area (Å²) >= 11 is 0. The van der Waals surface area contributed by atoms with Gasteiger partial charge in [0.15, 0.2) is 0 Å². The molecule has 0 aromatic carbocycles. The van der Waals surface area contributed by atoms with Gasteiger partial charge < -0.3 is 20.4 Å². The van der Waals surface area contributed by atoms with Gasteiger partial charge in [0.05, 0.1) is 12.6 Å². The van der Waals surface area contributed by atoms with Crippen LogP contribution in [0.4, 0.5) is 5.82 Å². The zero-order valence-electron chi connectivity index (χ0n) is 13.1. The second-order valence-corrected chi connectivity index (χ2v) is 5.77. The maximum atomic E-state index is 11.9. The minimum absolute atomic E-state index is 0.0575. The van der Waals surface area contributed by atoms with E-state index in [-0.39, 0.29) is 18.3 Å². The molecule has 128 valence electrons. The van der Waals surface area contributed by atoms with Crippen LogP contribution in [0.15, 0.2) is 17.1 Å². The Bertz CT molecular complexity index is 591. The van der Waals surface area contributed by atoms with E-state index >= 15 is 0 Å². The lowest BCUT2D eigenvalue weighted by molar-refractivity contribution is -0.124. The lowest BCUT2D eigenvalue weighted by atomic mass is 10.1. The Kier molecular flexibility index (Phi) is 5.83. The van der Waals surface area contributed by atoms with Gasteiger partial charge in [0.25, 0.3) is 0 Å². The number of hydroxylamine groups is 1. The molecule has 1 aromatic heterocycles. The predicted octanol–water partition coefficient (Wildman–Crippen LogP) is -0.781. The molecule has 1 saturated heterocycles. The van der Waals surface area contributed by atoms with Crippen LogP contribution in [0.1, 0.15) is 26.5 Å². The molecule has 4 atom stereocenters. The second kappa shape index (κ2) is 7.64. The molecule has 0 spiro atoms. The summed E-state index contributed by atoms with van der Waals surface area (Å²) in [5.41, 5.74) is 7.61. The van der Waals surface area contributed by atoms with Gasteiger partial charge in [-0.15, -0.1) is 0 Å². The summed E-state index contributed by atoms with van der Waals surface area (Å²) in [6.45, 7) is 3.49. The number of nitrogens with two attached hydrogens (primary N) is 1. The van der Waals surface area contributed by atoms with Crippen LogP contribution in [0.25, 0.3) is 0 Å². The summed E-state index contributed by atoms with van der Waals surface area (Å²) in [6, 6.07) is 1.03. The van der Waals surface area contributed by atoms with Crippen molar-refractivity contribution in [3.05, 3.63) is 22.7 Å². The summed E-state index contributed by atoms with van der Waals surface area (Å²) in [5.74, 6) is 0.185. The number of aldehydes is 1. The lowest BCUT2D eigenvalue weighted by Crippen LogP contribution is -2.41. The molecule has 1 aliphatic heterocycles. The molecule has 0 radical (unpaired) electrons. The molecule has 0 bridgehead atoms. The van der Waals surface area contributed by atoms with Crippen molar-refractivity contribution in [2.45, 2.75) is 44.7 Å². The number of hydrogen-bond acceptors (Lipinski definition) is 8. The standard InChI is InChI=1S/C14H22N4O5/c1-8(2)9(6-19)17-23-10-5-13(22-11(10)7-20)18-4-3-12(15)16-14(18)21/h3-4,6,8-11,13,17,20H,5,7H2,1-2H3,(H2,15,16,21)/t9-,10?,11?,13?/m0/s1. The number of nitrogens with one attached hydrogen (secondary N) is 1. The van der Waals surface area contributed by atoms with Crippen LogP contribution in [0.3, 0.4) is 0 Å². The molecule has 0 amide bonds. The van der Waals surface area contributed by atoms with Crippen LogP contribution in [-0.2, 0) is 14.4 Å². The molecule has 0 saturated carbocycles. The number of nitrogen functional groups attached to an aromatic ring is 1. The number of hydrogen-bond donors (Lipinski definition) is 3. The highest BCUT2D eigenvalue weighted by molar-refractivity contribution is 5.57. The second-order valence-electron chi connectivity index (χ2n) is 5.77. The van der Waals surface area contributed by atoms with E-state index in [1.165, 1.54) is 16.8 Å². The monoisotopic (exact) mass is 326 g/mol. The molecule has 1 fully saturated rings. The Hall–Kier alpha value is -1.81. The van der Waals surface area contributed by atoms with E-state index in [1.807, 2.05) is 13.8 Å². The van der Waals surface area contributed by atoms with Gasteiger partial charge in [-0.1, -0.05) is 13.8 Å². The van der Waals surface area contributed by atoms with E-state index < -0.39 is 30.2 Å². The SMILES string of the molecule is CC(C)[C@H](C=O)NOC1CC(n2ccc(N)nc2=O)OC1CO. The fourth-order valence-corrected chi connectivity index (χ4v) is 2.29. The Morgan fingerprint density at radius 1 is 1.65 bits per heavy atom. The number of nitrogens with zero attached hydrogens (tertiary/aromatic N) is 2. The number of aliphatic hydroxyl groups excluding tert-OH is 1. The van der Waals surface area contributed by atoms with Crippen molar-refractivity contribution < 1.29 is 19.5 Å². The first-order valence-electron chi connectivity index (χ1n) is 7.43. The van der Waals surface area contributed by atoms with E-state index in [0.717, 1.165) is 6.29 Å². The smallest absolute Gasteiger partial charge is 0.351 e. The topological polar surface area (TPSA) is 129 Å². The van der Waals surface area contributed by atoms with Gasteiger partial charge in [0, 0.05) is 12.6 Å². The van der Waals surface area contributed by atoms with Crippen molar-refractivity contribution in [3.63, 3.8) is 0 Å². The first kappa shape index (κ1) is 17.5. The van der Waals surface area contributed by atoms with Gasteiger partial charge in [-0.3, -0.25) is 9.40 Å². The highest BCUT2D eigenvalue weighted by atomic mass is 16.7. The zero-order chi connectivity index (χ0) is 17.0. The fourth-order valence-electron chi connectivity index (χ4n) is 2.29. The summed E-state index contributed by atoms with van der Waals surface area (Å²) < 4.78 is 6.93. The van der Waals surface area contributed by atoms with Crippen molar-refractivity contribution in [1.82, 2.24) is 15.0 Å². The maximum Gasteiger partial charge on any atom is 0.351 e. The molecule has 9 heteroatoms. The van der Waals surface area contributed by atoms with Crippen LogP contribution in [-0.4, -0.2) is 45.8 Å². The van der Waals surface area contributed by atoms with Gasteiger partial charge in [0.1, 0.15) is 30.5 Å². The normalized spacial score (nSPS) is 25.7. The van der Waals surface area contributed by atoms with Gasteiger partial charge in [-0.05, 0) is 12.0 Å². The number of aromatic nitrogens is 2. The van der Waals surface area contributed by atoms with E-state index in [1.54, 1.807) is 0 Å². The van der Waals surface area contributed by atoms with Crippen LogP contribution < -0.4 is 16.9 Å². The number of ether oxygens (including phenoxy) is 1. The van der Waals surface area contributed by atoms with E-state index in [0.29, 0.717) is 6.42 Å². The fraction of sp³-hybridized carbons (Fsp3) is 0.643. The molecule has 23 heavy (non-hydrogen) atoms. The molecule has 9 nitrogen and oxygen atoms in total.